The summed E-state index contributed by atoms with van der Waals surface area (Å²) < 4.78 is 0. The van der Waals surface area contributed by atoms with Crippen molar-refractivity contribution in [3.63, 3.8) is 0 Å². The topological polar surface area (TPSA) is 123 Å². The molecule has 0 saturated heterocycles. The molecule has 0 aliphatic carbocycles. The summed E-state index contributed by atoms with van der Waals surface area (Å²) in [6.07, 6.45) is 3.09. The normalized spacial score (nSPS) is 11.2. The number of hydrogen-bond acceptors (Lipinski definition) is 6. The summed E-state index contributed by atoms with van der Waals surface area (Å²) in [5.41, 5.74) is 6.01. The van der Waals surface area contributed by atoms with Crippen LogP contribution >= 0.6 is 0 Å². The Hall–Kier alpha value is -3.68. The summed E-state index contributed by atoms with van der Waals surface area (Å²) >= 11 is 0. The Morgan fingerprint density at radius 1 is 0.852 bits per heavy atom. The van der Waals surface area contributed by atoms with Gasteiger partial charge in [0, 0.05) is 0 Å². The number of nitrogens with one attached hydrogen (secondary N) is 2. The molecule has 0 saturated carbocycles. The van der Waals surface area contributed by atoms with Gasteiger partial charge in [0.15, 0.2) is 0 Å². The van der Waals surface area contributed by atoms with Crippen LogP contribution in [-0.2, 0) is 9.59 Å². The predicted octanol–water partition coefficient (Wildman–Crippen LogP) is 1.72. The van der Waals surface area contributed by atoms with Crippen LogP contribution in [0.4, 0.5) is 0 Å². The summed E-state index contributed by atoms with van der Waals surface area (Å²) in [6.45, 7) is 1.71. The zero-order valence-corrected chi connectivity index (χ0v) is 14.7. The number of nitrogens with zero attached hydrogens (tertiary/aromatic N) is 2. The van der Waals surface area contributed by atoms with Gasteiger partial charge in [-0.1, -0.05) is 6.92 Å². The lowest BCUT2D eigenvalue weighted by molar-refractivity contribution is -0.135. The van der Waals surface area contributed by atoms with Gasteiger partial charge in [0.2, 0.25) is 0 Å². The van der Waals surface area contributed by atoms with Crippen molar-refractivity contribution in [1.29, 1.82) is 0 Å². The molecular weight excluding hydrogens is 348 g/mol. The van der Waals surface area contributed by atoms with E-state index in [2.05, 4.69) is 21.1 Å². The summed E-state index contributed by atoms with van der Waals surface area (Å²) in [7, 11) is 0. The molecule has 2 aromatic carbocycles. The number of phenolic OH excluding ortho intramolecular Hbond substituents is 2. The van der Waals surface area contributed by atoms with Crippen molar-refractivity contribution in [3.05, 3.63) is 59.7 Å². The number of amides is 2. The van der Waals surface area contributed by atoms with Crippen LogP contribution in [0.2, 0.25) is 0 Å². The predicted molar refractivity (Wildman–Crippen MR) is 101 cm³/mol. The summed E-state index contributed by atoms with van der Waals surface area (Å²) in [4.78, 5) is 24.3. The number of hydrogen-bond donors (Lipinski definition) is 4. The SMILES string of the molecule is CCC(C(=O)N/N=C/c1ccc(O)cc1)C(=O)N/N=C/c1ccc(O)cc1. The second-order valence-electron chi connectivity index (χ2n) is 5.61. The van der Waals surface area contributed by atoms with Crippen LogP contribution < -0.4 is 10.9 Å². The van der Waals surface area contributed by atoms with Crippen LogP contribution in [0, 0.1) is 5.92 Å². The van der Waals surface area contributed by atoms with Gasteiger partial charge in [-0.2, -0.15) is 10.2 Å². The Labute approximate surface area is 156 Å². The molecule has 2 amide bonds. The molecule has 0 unspecified atom stereocenters. The average molecular weight is 368 g/mol. The number of carbonyl (C=O) groups is 2. The molecule has 140 valence electrons. The van der Waals surface area contributed by atoms with Gasteiger partial charge in [-0.05, 0) is 66.1 Å². The number of benzene rings is 2. The molecule has 0 bridgehead atoms. The van der Waals surface area contributed by atoms with E-state index in [4.69, 9.17) is 0 Å². The number of carbonyl (C=O) groups excluding carboxylic acids is 2. The largest absolute Gasteiger partial charge is 0.508 e. The van der Waals surface area contributed by atoms with E-state index in [1.165, 1.54) is 36.7 Å². The van der Waals surface area contributed by atoms with E-state index in [1.54, 1.807) is 31.2 Å². The molecule has 0 radical (unpaired) electrons. The third-order valence-electron chi connectivity index (χ3n) is 3.60. The molecule has 8 nitrogen and oxygen atoms in total. The number of aromatic hydroxyl groups is 2. The van der Waals surface area contributed by atoms with E-state index in [1.807, 2.05) is 0 Å². The minimum Gasteiger partial charge on any atom is -0.508 e. The van der Waals surface area contributed by atoms with E-state index in [0.29, 0.717) is 11.1 Å². The van der Waals surface area contributed by atoms with Crippen LogP contribution in [0.3, 0.4) is 0 Å². The minimum atomic E-state index is -0.945. The van der Waals surface area contributed by atoms with E-state index < -0.39 is 17.7 Å². The standard InChI is InChI=1S/C19H20N4O4/c1-2-17(18(26)22-20-11-13-3-7-15(24)8-4-13)19(27)23-21-12-14-5-9-16(25)10-6-14/h3-12,17,24-25H,2H2,1H3,(H,22,26)(H,23,27)/b20-11+,21-12+. The van der Waals surface area contributed by atoms with Crippen molar-refractivity contribution < 1.29 is 19.8 Å². The smallest absolute Gasteiger partial charge is 0.252 e. The maximum atomic E-state index is 12.1. The highest BCUT2D eigenvalue weighted by molar-refractivity contribution is 6.00. The summed E-state index contributed by atoms with van der Waals surface area (Å²) in [5.74, 6) is -1.79. The fourth-order valence-electron chi connectivity index (χ4n) is 2.11. The fraction of sp³-hybridized carbons (Fsp3) is 0.158. The van der Waals surface area contributed by atoms with Gasteiger partial charge in [0.05, 0.1) is 12.4 Å². The highest BCUT2D eigenvalue weighted by Crippen LogP contribution is 2.09. The van der Waals surface area contributed by atoms with Crippen molar-refractivity contribution in [2.24, 2.45) is 16.1 Å². The Morgan fingerprint density at radius 2 is 1.22 bits per heavy atom. The van der Waals surface area contributed by atoms with Crippen LogP contribution in [0.25, 0.3) is 0 Å². The lowest BCUT2D eigenvalue weighted by Crippen LogP contribution is -2.37. The monoisotopic (exact) mass is 368 g/mol. The van der Waals surface area contributed by atoms with Gasteiger partial charge in [-0.15, -0.1) is 0 Å². The van der Waals surface area contributed by atoms with Crippen molar-refractivity contribution in [1.82, 2.24) is 10.9 Å². The molecule has 0 atom stereocenters. The number of hydrazone groups is 2. The molecule has 0 spiro atoms. The van der Waals surface area contributed by atoms with Gasteiger partial charge in [-0.25, -0.2) is 10.9 Å². The van der Waals surface area contributed by atoms with E-state index in [9.17, 15) is 19.8 Å². The first-order valence-corrected chi connectivity index (χ1v) is 8.23. The highest BCUT2D eigenvalue weighted by Gasteiger charge is 2.24. The second-order valence-corrected chi connectivity index (χ2v) is 5.61. The lowest BCUT2D eigenvalue weighted by Gasteiger charge is -2.10. The second kappa shape index (κ2) is 9.71. The van der Waals surface area contributed by atoms with Crippen molar-refractivity contribution in [2.45, 2.75) is 13.3 Å². The third-order valence-corrected chi connectivity index (χ3v) is 3.60. The maximum absolute atomic E-state index is 12.1. The molecule has 2 aromatic rings. The van der Waals surface area contributed by atoms with Gasteiger partial charge in [0.25, 0.3) is 11.8 Å². The molecule has 0 fully saturated rings. The number of rotatable bonds is 7. The number of phenols is 2. The molecule has 27 heavy (non-hydrogen) atoms. The Morgan fingerprint density at radius 3 is 1.56 bits per heavy atom. The van der Waals surface area contributed by atoms with Gasteiger partial charge >= 0.3 is 0 Å². The molecule has 8 heteroatoms. The van der Waals surface area contributed by atoms with Gasteiger partial charge in [-0.3, -0.25) is 9.59 Å². The lowest BCUT2D eigenvalue weighted by atomic mass is 10.1. The average Bonchev–Trinajstić information content (AvgIpc) is 2.65. The van der Waals surface area contributed by atoms with E-state index in [-0.39, 0.29) is 17.9 Å². The molecule has 0 aliphatic rings. The Bertz CT molecular complexity index is 760. The molecule has 0 aromatic heterocycles. The van der Waals surface area contributed by atoms with Crippen molar-refractivity contribution in [3.8, 4) is 11.5 Å². The molecule has 2 rings (SSSR count). The molecule has 0 heterocycles. The van der Waals surface area contributed by atoms with Crippen LogP contribution in [0.15, 0.2) is 58.7 Å². The van der Waals surface area contributed by atoms with Gasteiger partial charge in [0.1, 0.15) is 17.4 Å². The molecule has 0 aliphatic heterocycles. The highest BCUT2D eigenvalue weighted by atomic mass is 16.3. The quantitative estimate of drug-likeness (QED) is 0.337. The fourth-order valence-corrected chi connectivity index (χ4v) is 2.11. The summed E-state index contributed by atoms with van der Waals surface area (Å²) in [6, 6.07) is 12.5. The van der Waals surface area contributed by atoms with Crippen LogP contribution in [0.5, 0.6) is 11.5 Å². The zero-order chi connectivity index (χ0) is 19.6. The minimum absolute atomic E-state index is 0.131. The Kier molecular flexibility index (Phi) is 7.07. The molecular formula is C19H20N4O4. The maximum Gasteiger partial charge on any atom is 0.252 e. The van der Waals surface area contributed by atoms with Crippen molar-refractivity contribution in [2.75, 3.05) is 0 Å². The summed E-state index contributed by atoms with van der Waals surface area (Å²) in [5, 5.41) is 26.0. The van der Waals surface area contributed by atoms with Crippen molar-refractivity contribution >= 4 is 24.2 Å². The first kappa shape index (κ1) is 19.6. The molecule has 4 N–H and O–H groups in total. The first-order valence-electron chi connectivity index (χ1n) is 8.23. The zero-order valence-electron chi connectivity index (χ0n) is 14.7. The third kappa shape index (κ3) is 6.28. The first-order chi connectivity index (χ1) is 13.0. The van der Waals surface area contributed by atoms with Gasteiger partial charge < -0.3 is 10.2 Å². The van der Waals surface area contributed by atoms with E-state index in [0.717, 1.165) is 0 Å². The Balaban J connectivity index is 1.87. The van der Waals surface area contributed by atoms with Crippen LogP contribution in [0.1, 0.15) is 24.5 Å². The van der Waals surface area contributed by atoms with E-state index >= 15 is 0 Å². The van der Waals surface area contributed by atoms with Crippen LogP contribution in [-0.4, -0.2) is 34.5 Å².